The molecular weight excluding hydrogens is 352 g/mol. The van der Waals surface area contributed by atoms with E-state index in [1.807, 2.05) is 36.4 Å². The highest BCUT2D eigenvalue weighted by atomic mass is 16.5. The van der Waals surface area contributed by atoms with Crippen LogP contribution in [0.5, 0.6) is 0 Å². The van der Waals surface area contributed by atoms with Crippen LogP contribution in [0.15, 0.2) is 42.9 Å². The van der Waals surface area contributed by atoms with Crippen molar-refractivity contribution in [3.63, 3.8) is 0 Å². The van der Waals surface area contributed by atoms with Crippen molar-refractivity contribution in [2.75, 3.05) is 31.2 Å². The number of aromatic amines is 1. The summed E-state index contributed by atoms with van der Waals surface area (Å²) < 4.78 is 7.28. The molecule has 0 amide bonds. The molecule has 7 nitrogen and oxygen atoms in total. The smallest absolute Gasteiger partial charge is 0.129 e. The Balaban J connectivity index is 1.60. The van der Waals surface area contributed by atoms with Crippen LogP contribution < -0.4 is 4.90 Å². The topological polar surface area (TPSA) is 71.9 Å². The van der Waals surface area contributed by atoms with Crippen LogP contribution in [0, 0.1) is 6.92 Å². The second kappa shape index (κ2) is 6.76. The van der Waals surface area contributed by atoms with Crippen molar-refractivity contribution in [1.82, 2.24) is 25.0 Å². The fraction of sp³-hybridized carbons (Fsp3) is 0.286. The zero-order valence-electron chi connectivity index (χ0n) is 16.0. The van der Waals surface area contributed by atoms with E-state index in [2.05, 4.69) is 50.3 Å². The predicted molar refractivity (Wildman–Crippen MR) is 109 cm³/mol. The summed E-state index contributed by atoms with van der Waals surface area (Å²) in [6.45, 7) is 5.32. The maximum absolute atomic E-state index is 5.46. The van der Waals surface area contributed by atoms with E-state index in [1.54, 1.807) is 0 Å². The molecule has 7 heteroatoms. The number of aromatic nitrogens is 5. The lowest BCUT2D eigenvalue weighted by atomic mass is 10.0. The summed E-state index contributed by atoms with van der Waals surface area (Å²) in [4.78, 5) is 6.82. The maximum atomic E-state index is 5.46. The third kappa shape index (κ3) is 2.93. The summed E-state index contributed by atoms with van der Waals surface area (Å²) in [5, 5.41) is 13.3. The van der Waals surface area contributed by atoms with Crippen molar-refractivity contribution in [3.8, 4) is 22.4 Å². The lowest BCUT2D eigenvalue weighted by Crippen LogP contribution is -2.36. The van der Waals surface area contributed by atoms with Gasteiger partial charge in [-0.05, 0) is 42.3 Å². The molecule has 1 aromatic carbocycles. The number of anilines is 1. The van der Waals surface area contributed by atoms with Crippen LogP contribution in [0.3, 0.4) is 0 Å². The number of benzene rings is 1. The summed E-state index contributed by atoms with van der Waals surface area (Å²) in [5.41, 5.74) is 6.47. The quantitative estimate of drug-likeness (QED) is 0.596. The number of pyridine rings is 1. The van der Waals surface area contributed by atoms with Crippen LogP contribution >= 0.6 is 0 Å². The largest absolute Gasteiger partial charge is 0.378 e. The van der Waals surface area contributed by atoms with Crippen molar-refractivity contribution in [2.45, 2.75) is 6.92 Å². The molecule has 1 N–H and O–H groups in total. The Bertz CT molecular complexity index is 1140. The molecule has 0 radical (unpaired) electrons. The van der Waals surface area contributed by atoms with Gasteiger partial charge in [0, 0.05) is 49.0 Å². The first kappa shape index (κ1) is 16.9. The molecule has 1 aliphatic heterocycles. The van der Waals surface area contributed by atoms with E-state index in [0.717, 1.165) is 71.0 Å². The van der Waals surface area contributed by atoms with E-state index in [9.17, 15) is 0 Å². The highest BCUT2D eigenvalue weighted by Crippen LogP contribution is 2.33. The summed E-state index contributed by atoms with van der Waals surface area (Å²) >= 11 is 0. The van der Waals surface area contributed by atoms with Gasteiger partial charge >= 0.3 is 0 Å². The molecule has 0 saturated carbocycles. The minimum absolute atomic E-state index is 0.741. The Morgan fingerprint density at radius 1 is 1.07 bits per heavy atom. The van der Waals surface area contributed by atoms with Crippen molar-refractivity contribution in [3.05, 3.63) is 48.4 Å². The first-order chi connectivity index (χ1) is 13.7. The summed E-state index contributed by atoms with van der Waals surface area (Å²) in [7, 11) is 1.93. The molecule has 142 valence electrons. The highest BCUT2D eigenvalue weighted by molar-refractivity contribution is 5.97. The Labute approximate surface area is 163 Å². The van der Waals surface area contributed by atoms with Gasteiger partial charge in [-0.25, -0.2) is 4.98 Å². The second-order valence-electron chi connectivity index (χ2n) is 7.19. The van der Waals surface area contributed by atoms with E-state index in [4.69, 9.17) is 4.74 Å². The van der Waals surface area contributed by atoms with Crippen molar-refractivity contribution >= 4 is 16.7 Å². The monoisotopic (exact) mass is 374 g/mol. The summed E-state index contributed by atoms with van der Waals surface area (Å²) in [6, 6.07) is 8.50. The fourth-order valence-corrected chi connectivity index (χ4v) is 3.78. The number of hydrogen-bond donors (Lipinski definition) is 1. The Morgan fingerprint density at radius 2 is 1.93 bits per heavy atom. The number of rotatable bonds is 3. The first-order valence-electron chi connectivity index (χ1n) is 9.46. The van der Waals surface area contributed by atoms with Crippen molar-refractivity contribution in [2.24, 2.45) is 7.05 Å². The van der Waals surface area contributed by atoms with Gasteiger partial charge < -0.3 is 9.64 Å². The molecule has 0 atom stereocenters. The molecule has 4 aromatic rings. The fourth-order valence-electron chi connectivity index (χ4n) is 3.78. The van der Waals surface area contributed by atoms with Crippen LogP contribution in [0.2, 0.25) is 0 Å². The standard InChI is InChI=1S/C21H22N6O/c1-14-9-16(17-12-23-26(2)13-17)10-18-20(14)24-25-21(18)15-3-4-22-19(11-15)27-5-7-28-8-6-27/h3-4,9-13H,5-8H2,1-2H3,(H,24,25). The average Bonchev–Trinajstić information content (AvgIpc) is 3.35. The van der Waals surface area contributed by atoms with Gasteiger partial charge in [-0.2, -0.15) is 10.2 Å². The molecule has 28 heavy (non-hydrogen) atoms. The van der Waals surface area contributed by atoms with E-state index >= 15 is 0 Å². The van der Waals surface area contributed by atoms with Gasteiger partial charge in [0.05, 0.1) is 24.9 Å². The molecule has 0 bridgehead atoms. The molecule has 1 fully saturated rings. The van der Waals surface area contributed by atoms with Gasteiger partial charge in [-0.3, -0.25) is 9.78 Å². The number of morpholine rings is 1. The summed E-state index contributed by atoms with van der Waals surface area (Å²) in [6.07, 6.45) is 5.78. The third-order valence-electron chi connectivity index (χ3n) is 5.26. The third-order valence-corrected chi connectivity index (χ3v) is 5.26. The molecule has 3 aromatic heterocycles. The Morgan fingerprint density at radius 3 is 2.71 bits per heavy atom. The number of nitrogens with one attached hydrogen (secondary N) is 1. The van der Waals surface area contributed by atoms with Crippen LogP contribution in [0.4, 0.5) is 5.82 Å². The number of hydrogen-bond acceptors (Lipinski definition) is 5. The predicted octanol–water partition coefficient (Wildman–Crippen LogP) is 3.17. The van der Waals surface area contributed by atoms with Gasteiger partial charge in [0.2, 0.25) is 0 Å². The number of H-pyrrole nitrogens is 1. The molecule has 4 heterocycles. The lowest BCUT2D eigenvalue weighted by Gasteiger charge is -2.27. The number of fused-ring (bicyclic) bond motifs is 1. The van der Waals surface area contributed by atoms with E-state index in [0.29, 0.717) is 0 Å². The molecule has 0 spiro atoms. The van der Waals surface area contributed by atoms with E-state index < -0.39 is 0 Å². The average molecular weight is 374 g/mol. The van der Waals surface area contributed by atoms with Gasteiger partial charge in [0.15, 0.2) is 0 Å². The van der Waals surface area contributed by atoms with Gasteiger partial charge in [0.1, 0.15) is 11.5 Å². The van der Waals surface area contributed by atoms with Crippen LogP contribution in [0.1, 0.15) is 5.56 Å². The van der Waals surface area contributed by atoms with Crippen LogP contribution in [0.25, 0.3) is 33.3 Å². The normalized spacial score (nSPS) is 14.7. The lowest BCUT2D eigenvalue weighted by molar-refractivity contribution is 0.122. The number of nitrogens with zero attached hydrogens (tertiary/aromatic N) is 5. The second-order valence-corrected chi connectivity index (χ2v) is 7.19. The van der Waals surface area contributed by atoms with Crippen molar-refractivity contribution in [1.29, 1.82) is 0 Å². The van der Waals surface area contributed by atoms with Gasteiger partial charge in [0.25, 0.3) is 0 Å². The van der Waals surface area contributed by atoms with E-state index in [-0.39, 0.29) is 0 Å². The molecular formula is C21H22N6O. The Hall–Kier alpha value is -3.19. The highest BCUT2D eigenvalue weighted by Gasteiger charge is 2.16. The Kier molecular flexibility index (Phi) is 4.09. The van der Waals surface area contributed by atoms with Crippen LogP contribution in [-0.2, 0) is 11.8 Å². The molecule has 1 aliphatic rings. The first-order valence-corrected chi connectivity index (χ1v) is 9.46. The number of ether oxygens (including phenoxy) is 1. The zero-order chi connectivity index (χ0) is 19.1. The minimum Gasteiger partial charge on any atom is -0.378 e. The molecule has 1 saturated heterocycles. The zero-order valence-corrected chi connectivity index (χ0v) is 16.0. The van der Waals surface area contributed by atoms with E-state index in [1.165, 1.54) is 0 Å². The molecule has 0 unspecified atom stereocenters. The van der Waals surface area contributed by atoms with Gasteiger partial charge in [-0.1, -0.05) is 0 Å². The molecule has 0 aliphatic carbocycles. The number of aryl methyl sites for hydroxylation is 2. The SMILES string of the molecule is Cc1cc(-c2cnn(C)c2)cc2c(-c3ccnc(N4CCOCC4)c3)n[nH]c12. The maximum Gasteiger partial charge on any atom is 0.129 e. The molecule has 5 rings (SSSR count). The minimum atomic E-state index is 0.741. The van der Waals surface area contributed by atoms with Crippen LogP contribution in [-0.4, -0.2) is 51.3 Å². The summed E-state index contributed by atoms with van der Waals surface area (Å²) in [5.74, 6) is 0.970. The van der Waals surface area contributed by atoms with Crippen molar-refractivity contribution < 1.29 is 4.74 Å². The van der Waals surface area contributed by atoms with Gasteiger partial charge in [-0.15, -0.1) is 0 Å².